The monoisotopic (exact) mass is 305 g/mol. The van der Waals surface area contributed by atoms with Gasteiger partial charge >= 0.3 is 5.97 Å². The highest BCUT2D eigenvalue weighted by Crippen LogP contribution is 2.20. The number of aromatic nitrogens is 2. The Balaban J connectivity index is 2.18. The highest BCUT2D eigenvalue weighted by atomic mass is 35.5. The summed E-state index contributed by atoms with van der Waals surface area (Å²) in [7, 11) is 0. The Kier molecular flexibility index (Phi) is 4.84. The summed E-state index contributed by atoms with van der Waals surface area (Å²) in [6.45, 7) is 0. The zero-order valence-corrected chi connectivity index (χ0v) is 11.7. The lowest BCUT2D eigenvalue weighted by molar-refractivity contribution is -0.136. The van der Waals surface area contributed by atoms with Gasteiger partial charge < -0.3 is 10.3 Å². The minimum absolute atomic E-state index is 0.0616. The van der Waals surface area contributed by atoms with E-state index in [1.165, 1.54) is 0 Å². The van der Waals surface area contributed by atoms with E-state index in [2.05, 4.69) is 15.1 Å². The molecule has 0 radical (unpaired) electrons. The van der Waals surface area contributed by atoms with Gasteiger partial charge in [-0.2, -0.15) is 0 Å². The summed E-state index contributed by atoms with van der Waals surface area (Å²) in [4.78, 5) is 18.7. The molecule has 0 spiro atoms. The molecule has 2 N–H and O–H groups in total. The number of oxime groups is 1. The summed E-state index contributed by atoms with van der Waals surface area (Å²) in [6.07, 6.45) is 3.07. The average molecular weight is 306 g/mol. The van der Waals surface area contributed by atoms with Crippen LogP contribution in [0.4, 0.5) is 0 Å². The third-order valence-corrected chi connectivity index (χ3v) is 3.04. The van der Waals surface area contributed by atoms with E-state index in [1.54, 1.807) is 24.5 Å². The molecule has 0 fully saturated rings. The fourth-order valence-corrected chi connectivity index (χ4v) is 1.83. The van der Waals surface area contributed by atoms with Crippen molar-refractivity contribution in [2.45, 2.75) is 12.8 Å². The topological polar surface area (TPSA) is 95.7 Å². The van der Waals surface area contributed by atoms with Gasteiger partial charge in [0.1, 0.15) is 5.71 Å². The van der Waals surface area contributed by atoms with E-state index in [0.29, 0.717) is 5.02 Å². The summed E-state index contributed by atoms with van der Waals surface area (Å²) in [5.41, 5.74) is 1.82. The lowest BCUT2D eigenvalue weighted by atomic mass is 10.1. The first-order valence-electron chi connectivity index (χ1n) is 6.11. The van der Waals surface area contributed by atoms with Gasteiger partial charge in [0.05, 0.1) is 6.42 Å². The molecule has 1 aromatic heterocycles. The third-order valence-electron chi connectivity index (χ3n) is 2.78. The zero-order chi connectivity index (χ0) is 15.2. The van der Waals surface area contributed by atoms with E-state index in [-0.39, 0.29) is 24.4 Å². The molecular formula is C14H12ClN3O3. The van der Waals surface area contributed by atoms with Crippen molar-refractivity contribution < 1.29 is 15.1 Å². The molecular weight excluding hydrogens is 294 g/mol. The summed E-state index contributed by atoms with van der Waals surface area (Å²) >= 11 is 5.82. The molecule has 21 heavy (non-hydrogen) atoms. The number of nitrogens with zero attached hydrogens (tertiary/aromatic N) is 3. The van der Waals surface area contributed by atoms with Gasteiger partial charge in [0.2, 0.25) is 0 Å². The number of hydrogen-bond acceptors (Lipinski definition) is 5. The molecule has 0 atom stereocenters. The number of aliphatic carboxylic acids is 1. The van der Waals surface area contributed by atoms with Crippen LogP contribution in [0, 0.1) is 0 Å². The molecule has 0 bridgehead atoms. The largest absolute Gasteiger partial charge is 0.481 e. The van der Waals surface area contributed by atoms with Crippen molar-refractivity contribution in [3.63, 3.8) is 0 Å². The predicted molar refractivity (Wildman–Crippen MR) is 77.7 cm³/mol. The van der Waals surface area contributed by atoms with Gasteiger partial charge in [0.15, 0.2) is 5.82 Å². The van der Waals surface area contributed by atoms with Crippen LogP contribution in [0.3, 0.4) is 0 Å². The van der Waals surface area contributed by atoms with E-state index in [4.69, 9.17) is 21.9 Å². The van der Waals surface area contributed by atoms with E-state index >= 15 is 0 Å². The molecule has 0 aliphatic carbocycles. The second-order valence-electron chi connectivity index (χ2n) is 4.24. The van der Waals surface area contributed by atoms with Crippen molar-refractivity contribution in [3.8, 4) is 11.1 Å². The number of carbonyl (C=O) groups is 1. The van der Waals surface area contributed by atoms with Crippen molar-refractivity contribution >= 4 is 23.3 Å². The fraction of sp³-hybridized carbons (Fsp3) is 0.143. The van der Waals surface area contributed by atoms with Crippen LogP contribution in [-0.2, 0) is 4.79 Å². The minimum atomic E-state index is -0.978. The molecule has 108 valence electrons. The number of hydrogen-bond donors (Lipinski definition) is 2. The smallest absolute Gasteiger partial charge is 0.303 e. The highest BCUT2D eigenvalue weighted by molar-refractivity contribution is 6.30. The van der Waals surface area contributed by atoms with Gasteiger partial charge in [-0.3, -0.25) is 4.79 Å². The van der Waals surface area contributed by atoms with E-state index < -0.39 is 5.97 Å². The molecule has 0 aliphatic heterocycles. The summed E-state index contributed by atoms with van der Waals surface area (Å²) in [5, 5.41) is 21.2. The van der Waals surface area contributed by atoms with Gasteiger partial charge in [-0.25, -0.2) is 9.97 Å². The fourth-order valence-electron chi connectivity index (χ4n) is 1.70. The molecule has 1 heterocycles. The van der Waals surface area contributed by atoms with Crippen LogP contribution in [0.15, 0.2) is 41.8 Å². The SMILES string of the molecule is O=C(O)CCC(=NO)c1ncc(-c2ccc(Cl)cc2)cn1. The lowest BCUT2D eigenvalue weighted by Gasteiger charge is -2.04. The van der Waals surface area contributed by atoms with Crippen molar-refractivity contribution in [2.24, 2.45) is 5.16 Å². The first kappa shape index (κ1) is 14.9. The van der Waals surface area contributed by atoms with Gasteiger partial charge in [0.25, 0.3) is 0 Å². The molecule has 1 aromatic carbocycles. The molecule has 0 saturated carbocycles. The van der Waals surface area contributed by atoms with Crippen LogP contribution in [-0.4, -0.2) is 32.0 Å². The predicted octanol–water partition coefficient (Wildman–Crippen LogP) is 2.84. The van der Waals surface area contributed by atoms with Gasteiger partial charge in [-0.15, -0.1) is 0 Å². The maximum absolute atomic E-state index is 10.5. The van der Waals surface area contributed by atoms with Crippen LogP contribution in [0.5, 0.6) is 0 Å². The lowest BCUT2D eigenvalue weighted by Crippen LogP contribution is -2.09. The zero-order valence-electron chi connectivity index (χ0n) is 10.9. The second kappa shape index (κ2) is 6.81. The van der Waals surface area contributed by atoms with Crippen molar-refractivity contribution in [1.29, 1.82) is 0 Å². The van der Waals surface area contributed by atoms with Gasteiger partial charge in [0, 0.05) is 29.4 Å². The van der Waals surface area contributed by atoms with Crippen molar-refractivity contribution in [2.75, 3.05) is 0 Å². The van der Waals surface area contributed by atoms with E-state index in [1.807, 2.05) is 12.1 Å². The first-order chi connectivity index (χ1) is 10.1. The van der Waals surface area contributed by atoms with Crippen LogP contribution in [0.1, 0.15) is 18.7 Å². The Morgan fingerprint density at radius 1 is 1.10 bits per heavy atom. The van der Waals surface area contributed by atoms with E-state index in [0.717, 1.165) is 11.1 Å². The Morgan fingerprint density at radius 2 is 1.71 bits per heavy atom. The van der Waals surface area contributed by atoms with Crippen LogP contribution in [0.25, 0.3) is 11.1 Å². The maximum atomic E-state index is 10.5. The normalized spacial score (nSPS) is 11.4. The maximum Gasteiger partial charge on any atom is 0.303 e. The van der Waals surface area contributed by atoms with Crippen LogP contribution >= 0.6 is 11.6 Å². The Labute approximate surface area is 125 Å². The molecule has 0 saturated heterocycles. The van der Waals surface area contributed by atoms with Gasteiger partial charge in [-0.1, -0.05) is 28.9 Å². The third kappa shape index (κ3) is 4.00. The number of halogens is 1. The number of rotatable bonds is 5. The van der Waals surface area contributed by atoms with E-state index in [9.17, 15) is 4.79 Å². The molecule has 2 aromatic rings. The average Bonchev–Trinajstić information content (AvgIpc) is 2.49. The van der Waals surface area contributed by atoms with Crippen molar-refractivity contribution in [3.05, 3.63) is 47.5 Å². The number of carboxylic acids is 1. The number of benzene rings is 1. The molecule has 7 heteroatoms. The molecule has 0 amide bonds. The molecule has 0 unspecified atom stereocenters. The summed E-state index contributed by atoms with van der Waals surface area (Å²) < 4.78 is 0. The highest BCUT2D eigenvalue weighted by Gasteiger charge is 2.10. The molecule has 2 rings (SSSR count). The Morgan fingerprint density at radius 3 is 2.24 bits per heavy atom. The standard InChI is InChI=1S/C14H12ClN3O3/c15-11-3-1-9(2-4-11)10-7-16-14(17-8-10)12(18-21)5-6-13(19)20/h1-4,7-8,21H,5-6H2,(H,19,20). The van der Waals surface area contributed by atoms with Crippen LogP contribution < -0.4 is 0 Å². The van der Waals surface area contributed by atoms with Gasteiger partial charge in [-0.05, 0) is 17.7 Å². The van der Waals surface area contributed by atoms with Crippen LogP contribution in [0.2, 0.25) is 5.02 Å². The Bertz CT molecular complexity index is 654. The molecule has 6 nitrogen and oxygen atoms in total. The first-order valence-corrected chi connectivity index (χ1v) is 6.49. The summed E-state index contributed by atoms with van der Waals surface area (Å²) in [6, 6.07) is 7.20. The quantitative estimate of drug-likeness (QED) is 0.503. The van der Waals surface area contributed by atoms with Crippen molar-refractivity contribution in [1.82, 2.24) is 9.97 Å². The minimum Gasteiger partial charge on any atom is -0.481 e. The molecule has 0 aliphatic rings. The summed E-state index contributed by atoms with van der Waals surface area (Å²) in [5.74, 6) is -0.773. The Hall–Kier alpha value is -2.47. The second-order valence-corrected chi connectivity index (χ2v) is 4.68. The number of carboxylic acid groups (broad SMARTS) is 1.